The van der Waals surface area contributed by atoms with Crippen LogP contribution in [0.25, 0.3) is 26.4 Å². The van der Waals surface area contributed by atoms with Gasteiger partial charge in [0.1, 0.15) is 10.8 Å². The maximum absolute atomic E-state index is 12.9. The van der Waals surface area contributed by atoms with Crippen molar-refractivity contribution in [2.45, 2.75) is 72.4 Å². The van der Waals surface area contributed by atoms with E-state index in [-0.39, 0.29) is 22.6 Å². The van der Waals surface area contributed by atoms with Crippen LogP contribution in [0.3, 0.4) is 0 Å². The molecule has 1 aliphatic heterocycles. The number of aromatic nitrogens is 2. The van der Waals surface area contributed by atoms with Crippen LogP contribution in [0, 0.1) is 16.7 Å². The highest BCUT2D eigenvalue weighted by Gasteiger charge is 2.59. The smallest absolute Gasteiger partial charge is 0.355 e. The summed E-state index contributed by atoms with van der Waals surface area (Å²) in [5, 5.41) is 11.5. The molecule has 2 aliphatic carbocycles. The molecule has 3 heterocycles. The fourth-order valence-corrected chi connectivity index (χ4v) is 10.9. The monoisotopic (exact) mass is 808 g/mol. The number of likely N-dealkylation sites (N-methyl/N-ethyl adjacent to an activating group) is 1. The molecule has 0 amide bonds. The maximum atomic E-state index is 12.9. The molecule has 3 aliphatic rings. The van der Waals surface area contributed by atoms with Crippen LogP contribution in [0.15, 0.2) is 77.4 Å². The number of rotatable bonds is 17. The first-order chi connectivity index (χ1) is 27.4. The highest BCUT2D eigenvalue weighted by Crippen LogP contribution is 2.67. The molecule has 0 spiro atoms. The Morgan fingerprint density at radius 2 is 2.00 bits per heavy atom. The predicted molar refractivity (Wildman–Crippen MR) is 235 cm³/mol. The molecule has 7 rings (SSSR count). The number of fused-ring (bicyclic) bond motifs is 3. The SMILES string of the molecule is CC(=NCC12CC(OCCN(C)CCCSO)C=C1C(C)(CC(C)C)C2)C(=CN)c1ccc(N2CCc3cccc(-c4nc5ccccc5s4)c3C2)nc1C(=O)O. The summed E-state index contributed by atoms with van der Waals surface area (Å²) in [6.07, 6.45) is 8.66. The van der Waals surface area contributed by atoms with Crippen LogP contribution < -0.4 is 10.6 Å². The van der Waals surface area contributed by atoms with Gasteiger partial charge < -0.3 is 29.9 Å². The number of hydrogen-bond acceptors (Lipinski definition) is 11. The Labute approximate surface area is 345 Å². The zero-order valence-corrected chi connectivity index (χ0v) is 35.5. The zero-order chi connectivity index (χ0) is 40.3. The number of aromatic carboxylic acids is 1. The summed E-state index contributed by atoms with van der Waals surface area (Å²) in [4.78, 5) is 32.1. The van der Waals surface area contributed by atoms with Gasteiger partial charge in [0.25, 0.3) is 0 Å². The second kappa shape index (κ2) is 17.4. The van der Waals surface area contributed by atoms with Gasteiger partial charge in [-0.1, -0.05) is 62.8 Å². The van der Waals surface area contributed by atoms with Crippen molar-refractivity contribution in [3.8, 4) is 10.6 Å². The minimum absolute atomic E-state index is 0.0322. The average molecular weight is 809 g/mol. The summed E-state index contributed by atoms with van der Waals surface area (Å²) in [5.41, 5.74) is 14.0. The molecule has 10 nitrogen and oxygen atoms in total. The van der Waals surface area contributed by atoms with Crippen LogP contribution >= 0.6 is 23.4 Å². The van der Waals surface area contributed by atoms with Crippen molar-refractivity contribution in [3.63, 3.8) is 0 Å². The average Bonchev–Trinajstić information content (AvgIpc) is 3.76. The van der Waals surface area contributed by atoms with Gasteiger partial charge in [0.15, 0.2) is 5.69 Å². The van der Waals surface area contributed by atoms with Crippen molar-refractivity contribution in [3.05, 3.63) is 94.8 Å². The molecule has 2 aromatic heterocycles. The minimum Gasteiger partial charge on any atom is -0.476 e. The van der Waals surface area contributed by atoms with Gasteiger partial charge >= 0.3 is 5.97 Å². The highest BCUT2D eigenvalue weighted by atomic mass is 32.2. The number of carboxylic acid groups (broad SMARTS) is 1. The van der Waals surface area contributed by atoms with E-state index in [1.165, 1.54) is 22.9 Å². The largest absolute Gasteiger partial charge is 0.476 e. The summed E-state index contributed by atoms with van der Waals surface area (Å²) >= 11 is 2.58. The molecule has 3 atom stereocenters. The van der Waals surface area contributed by atoms with Crippen molar-refractivity contribution in [1.29, 1.82) is 0 Å². The molecule has 3 unspecified atom stereocenters. The lowest BCUT2D eigenvalue weighted by atomic mass is 9.49. The molecule has 302 valence electrons. The van der Waals surface area contributed by atoms with Crippen molar-refractivity contribution in [2.24, 2.45) is 27.5 Å². The number of allylic oxidation sites excluding steroid dienone is 1. The Hall–Kier alpha value is -4.07. The molecule has 4 aromatic rings. The lowest BCUT2D eigenvalue weighted by Gasteiger charge is -2.56. The van der Waals surface area contributed by atoms with Gasteiger partial charge in [-0.15, -0.1) is 11.3 Å². The summed E-state index contributed by atoms with van der Waals surface area (Å²) in [5.74, 6) is 0.820. The number of nitrogens with zero attached hydrogens (tertiary/aromatic N) is 5. The van der Waals surface area contributed by atoms with Gasteiger partial charge in [-0.25, -0.2) is 14.8 Å². The molecular formula is C45H56N6O4S2. The van der Waals surface area contributed by atoms with E-state index >= 15 is 0 Å². The van der Waals surface area contributed by atoms with E-state index < -0.39 is 5.97 Å². The molecule has 0 radical (unpaired) electrons. The predicted octanol–water partition coefficient (Wildman–Crippen LogP) is 9.07. The number of pyridine rings is 1. The molecular weight excluding hydrogens is 753 g/mol. The second-order valence-corrected chi connectivity index (χ2v) is 18.5. The van der Waals surface area contributed by atoms with Crippen LogP contribution in [0.5, 0.6) is 0 Å². The second-order valence-electron chi connectivity index (χ2n) is 16.8. The Balaban J connectivity index is 1.08. The number of benzene rings is 2. The normalized spacial score (nSPS) is 22.2. The molecule has 1 fully saturated rings. The van der Waals surface area contributed by atoms with Crippen molar-refractivity contribution in [1.82, 2.24) is 14.9 Å². The van der Waals surface area contributed by atoms with E-state index in [0.29, 0.717) is 48.3 Å². The number of carbonyl (C=O) groups is 1. The zero-order valence-electron chi connectivity index (χ0n) is 33.8. The van der Waals surface area contributed by atoms with Crippen LogP contribution in [-0.2, 0) is 17.7 Å². The lowest BCUT2D eigenvalue weighted by molar-refractivity contribution is 0.0208. The minimum atomic E-state index is -1.10. The highest BCUT2D eigenvalue weighted by molar-refractivity contribution is 7.93. The van der Waals surface area contributed by atoms with E-state index in [0.717, 1.165) is 90.3 Å². The fraction of sp³-hybridized carbons (Fsp3) is 0.467. The van der Waals surface area contributed by atoms with Gasteiger partial charge in [-0.3, -0.25) is 4.99 Å². The van der Waals surface area contributed by atoms with Crippen molar-refractivity contribution in [2.75, 3.05) is 50.5 Å². The van der Waals surface area contributed by atoms with E-state index in [9.17, 15) is 9.90 Å². The summed E-state index contributed by atoms with van der Waals surface area (Å²) in [6.45, 7) is 13.2. The number of thiazole rings is 1. The summed E-state index contributed by atoms with van der Waals surface area (Å²) in [6, 6.07) is 18.4. The molecule has 12 heteroatoms. The van der Waals surface area contributed by atoms with Crippen LogP contribution in [-0.4, -0.2) is 87.9 Å². The van der Waals surface area contributed by atoms with Crippen molar-refractivity contribution >= 4 is 56.7 Å². The van der Waals surface area contributed by atoms with E-state index in [2.05, 4.69) is 68.0 Å². The number of nitrogens with two attached hydrogens (primary N) is 1. The third kappa shape index (κ3) is 8.71. The van der Waals surface area contributed by atoms with Crippen molar-refractivity contribution < 1.29 is 19.2 Å². The van der Waals surface area contributed by atoms with Crippen LogP contribution in [0.1, 0.15) is 80.6 Å². The molecule has 0 bridgehead atoms. The Bertz CT molecular complexity index is 2170. The van der Waals surface area contributed by atoms with Gasteiger partial charge in [0.2, 0.25) is 0 Å². The summed E-state index contributed by atoms with van der Waals surface area (Å²) in [7, 11) is 2.09. The standard InChI is InChI=1S/C45H56N6O4S2/c1-29(2)23-44(4)27-45(24-32(22-39(44)45)55-20-19-50(5)17-9-21-56-54)28-47-30(3)35(25-46)33-14-15-40(49-41(33)43(52)53)51-18-16-31-10-8-11-34(36(31)26-51)42-48-37-12-6-7-13-38(37)57-42/h6-8,10-15,22,25,29,32,54H,9,16-21,23-24,26-28,46H2,1-5H3,(H,52,53). The first-order valence-electron chi connectivity index (χ1n) is 20.1. The Morgan fingerprint density at radius 1 is 1.18 bits per heavy atom. The fourth-order valence-electron chi connectivity index (χ4n) is 9.66. The molecule has 1 saturated carbocycles. The number of para-hydroxylation sites is 1. The third-order valence-electron chi connectivity index (χ3n) is 12.0. The van der Waals surface area contributed by atoms with Gasteiger partial charge in [0.05, 0.1) is 22.9 Å². The maximum Gasteiger partial charge on any atom is 0.355 e. The van der Waals surface area contributed by atoms with Gasteiger partial charge in [-0.2, -0.15) is 0 Å². The first-order valence-corrected chi connectivity index (χ1v) is 21.9. The van der Waals surface area contributed by atoms with E-state index in [4.69, 9.17) is 30.0 Å². The van der Waals surface area contributed by atoms with Gasteiger partial charge in [0, 0.05) is 66.0 Å². The van der Waals surface area contributed by atoms with Gasteiger partial charge in [-0.05, 0) is 111 Å². The summed E-state index contributed by atoms with van der Waals surface area (Å²) < 4.78 is 16.7. The first kappa shape index (κ1) is 41.1. The number of anilines is 1. The molecule has 57 heavy (non-hydrogen) atoms. The van der Waals surface area contributed by atoms with Crippen LogP contribution in [0.2, 0.25) is 0 Å². The number of aliphatic imine (C=N–C) groups is 1. The topological polar surface area (TPSA) is 137 Å². The quantitative estimate of drug-likeness (QED) is 0.0410. The lowest BCUT2D eigenvalue weighted by Crippen LogP contribution is -2.48. The molecule has 0 saturated heterocycles. The molecule has 4 N–H and O–H groups in total. The van der Waals surface area contributed by atoms with E-state index in [1.807, 2.05) is 37.3 Å². The van der Waals surface area contributed by atoms with E-state index in [1.54, 1.807) is 11.3 Å². The Kier molecular flexibility index (Phi) is 12.6. The molecule has 2 aromatic carbocycles. The Morgan fingerprint density at radius 3 is 2.75 bits per heavy atom. The number of ether oxygens (including phenoxy) is 1. The number of hydrogen-bond donors (Lipinski definition) is 3. The number of carboxylic acids is 1. The van der Waals surface area contributed by atoms with Crippen LogP contribution in [0.4, 0.5) is 5.82 Å². The third-order valence-corrected chi connectivity index (χ3v) is 13.5.